The fourth-order valence-corrected chi connectivity index (χ4v) is 3.16. The Bertz CT molecular complexity index is 1170. The second-order valence-electron chi connectivity index (χ2n) is 6.47. The molecule has 0 spiro atoms. The summed E-state index contributed by atoms with van der Waals surface area (Å²) in [5.41, 5.74) is 3.95. The van der Waals surface area contributed by atoms with Crippen molar-refractivity contribution in [2.45, 2.75) is 0 Å². The number of anilines is 1. The third-order valence-corrected chi connectivity index (χ3v) is 4.62. The number of nitrogens with one attached hydrogen (secondary N) is 1. The van der Waals surface area contributed by atoms with Crippen molar-refractivity contribution < 1.29 is 14.3 Å². The Morgan fingerprint density at radius 3 is 2.55 bits per heavy atom. The summed E-state index contributed by atoms with van der Waals surface area (Å²) in [5.74, 6) is 1.00. The van der Waals surface area contributed by atoms with Crippen LogP contribution in [-0.4, -0.2) is 27.7 Å². The molecule has 1 aliphatic rings. The standard InChI is InChI=1S/C22H16N4O3/c27-22(16-6-11-20-21(12-16)29-14-28-20)24-17-7-9-18(10-8-17)26-19(13-23-25-26)15-4-2-1-3-5-15/h1-13H,14H2,(H,24,27). The first kappa shape index (κ1) is 17.0. The molecule has 2 heterocycles. The summed E-state index contributed by atoms with van der Waals surface area (Å²) in [6.07, 6.45) is 1.73. The van der Waals surface area contributed by atoms with Crippen molar-refractivity contribution in [1.29, 1.82) is 0 Å². The van der Waals surface area contributed by atoms with Crippen molar-refractivity contribution in [3.8, 4) is 28.4 Å². The molecule has 7 heteroatoms. The van der Waals surface area contributed by atoms with Crippen LogP contribution in [0.2, 0.25) is 0 Å². The Balaban J connectivity index is 1.35. The lowest BCUT2D eigenvalue weighted by Gasteiger charge is -2.09. The number of hydrogen-bond donors (Lipinski definition) is 1. The van der Waals surface area contributed by atoms with Crippen LogP contribution >= 0.6 is 0 Å². The summed E-state index contributed by atoms with van der Waals surface area (Å²) in [4.78, 5) is 12.5. The van der Waals surface area contributed by atoms with Crippen LogP contribution in [0.25, 0.3) is 16.9 Å². The van der Waals surface area contributed by atoms with E-state index in [2.05, 4.69) is 15.6 Å². The molecule has 0 saturated carbocycles. The minimum Gasteiger partial charge on any atom is -0.454 e. The van der Waals surface area contributed by atoms with Gasteiger partial charge >= 0.3 is 0 Å². The maximum atomic E-state index is 12.5. The lowest BCUT2D eigenvalue weighted by molar-refractivity contribution is 0.102. The van der Waals surface area contributed by atoms with E-state index in [-0.39, 0.29) is 12.7 Å². The molecule has 0 atom stereocenters. The molecule has 1 aromatic heterocycles. The van der Waals surface area contributed by atoms with Crippen molar-refractivity contribution in [3.63, 3.8) is 0 Å². The highest BCUT2D eigenvalue weighted by atomic mass is 16.7. The Morgan fingerprint density at radius 1 is 0.931 bits per heavy atom. The highest BCUT2D eigenvalue weighted by molar-refractivity contribution is 6.04. The van der Waals surface area contributed by atoms with Gasteiger partial charge < -0.3 is 14.8 Å². The van der Waals surface area contributed by atoms with Gasteiger partial charge in [-0.25, -0.2) is 4.68 Å². The van der Waals surface area contributed by atoms with Gasteiger partial charge in [0.05, 0.1) is 17.6 Å². The first-order chi connectivity index (χ1) is 14.3. The van der Waals surface area contributed by atoms with Crippen LogP contribution in [0.3, 0.4) is 0 Å². The van der Waals surface area contributed by atoms with Crippen LogP contribution in [0.15, 0.2) is 79.0 Å². The van der Waals surface area contributed by atoms with E-state index in [9.17, 15) is 4.79 Å². The number of rotatable bonds is 4. The molecule has 0 fully saturated rings. The number of fused-ring (bicyclic) bond motifs is 1. The summed E-state index contributed by atoms with van der Waals surface area (Å²) in [6.45, 7) is 0.176. The van der Waals surface area contributed by atoms with Crippen LogP contribution in [-0.2, 0) is 0 Å². The molecule has 1 amide bonds. The third-order valence-electron chi connectivity index (χ3n) is 4.62. The number of nitrogens with zero attached hydrogens (tertiary/aromatic N) is 3. The van der Waals surface area contributed by atoms with Gasteiger partial charge in [0.2, 0.25) is 6.79 Å². The number of benzene rings is 3. The Labute approximate surface area is 166 Å². The van der Waals surface area contributed by atoms with Gasteiger partial charge in [-0.15, -0.1) is 5.10 Å². The number of carbonyl (C=O) groups excluding carboxylic acids is 1. The molecule has 7 nitrogen and oxygen atoms in total. The summed E-state index contributed by atoms with van der Waals surface area (Å²) < 4.78 is 12.4. The van der Waals surface area contributed by atoms with Gasteiger partial charge in [0.1, 0.15) is 0 Å². The molecule has 4 aromatic rings. The maximum Gasteiger partial charge on any atom is 0.255 e. The smallest absolute Gasteiger partial charge is 0.255 e. The first-order valence-corrected chi connectivity index (χ1v) is 9.05. The van der Waals surface area contributed by atoms with Gasteiger partial charge in [0, 0.05) is 16.8 Å². The molecular formula is C22H16N4O3. The van der Waals surface area contributed by atoms with Crippen LogP contribution < -0.4 is 14.8 Å². The zero-order chi connectivity index (χ0) is 19.6. The molecule has 1 N–H and O–H groups in total. The normalized spacial score (nSPS) is 12.0. The highest BCUT2D eigenvalue weighted by Crippen LogP contribution is 2.32. The molecule has 1 aliphatic heterocycles. The Kier molecular flexibility index (Phi) is 4.18. The lowest BCUT2D eigenvalue weighted by atomic mass is 10.1. The predicted molar refractivity (Wildman–Crippen MR) is 107 cm³/mol. The molecule has 3 aromatic carbocycles. The predicted octanol–water partition coefficient (Wildman–Crippen LogP) is 3.92. The van der Waals surface area contributed by atoms with Crippen molar-refractivity contribution in [1.82, 2.24) is 15.0 Å². The third kappa shape index (κ3) is 3.29. The van der Waals surface area contributed by atoms with Crippen LogP contribution in [0.1, 0.15) is 10.4 Å². The Hall–Kier alpha value is -4.13. The average Bonchev–Trinajstić information content (AvgIpc) is 3.44. The monoisotopic (exact) mass is 384 g/mol. The van der Waals surface area contributed by atoms with E-state index in [0.717, 1.165) is 16.9 Å². The van der Waals surface area contributed by atoms with Crippen LogP contribution in [0, 0.1) is 0 Å². The van der Waals surface area contributed by atoms with E-state index in [1.807, 2.05) is 54.6 Å². The van der Waals surface area contributed by atoms with E-state index < -0.39 is 0 Å². The van der Waals surface area contributed by atoms with E-state index in [1.165, 1.54) is 0 Å². The molecule has 0 aliphatic carbocycles. The quantitative estimate of drug-likeness (QED) is 0.577. The molecule has 0 saturated heterocycles. The highest BCUT2D eigenvalue weighted by Gasteiger charge is 2.16. The molecule has 29 heavy (non-hydrogen) atoms. The minimum atomic E-state index is -0.221. The van der Waals surface area contributed by atoms with E-state index in [4.69, 9.17) is 9.47 Å². The number of ether oxygens (including phenoxy) is 2. The van der Waals surface area contributed by atoms with Crippen molar-refractivity contribution >= 4 is 11.6 Å². The molecule has 0 unspecified atom stereocenters. The zero-order valence-electron chi connectivity index (χ0n) is 15.3. The summed E-state index contributed by atoms with van der Waals surface area (Å²) in [7, 11) is 0. The minimum absolute atomic E-state index is 0.176. The van der Waals surface area contributed by atoms with Crippen LogP contribution in [0.4, 0.5) is 5.69 Å². The molecule has 0 bridgehead atoms. The van der Waals surface area contributed by atoms with E-state index >= 15 is 0 Å². The number of hydrogen-bond acceptors (Lipinski definition) is 5. The second kappa shape index (κ2) is 7.12. The molecule has 142 valence electrons. The van der Waals surface area contributed by atoms with E-state index in [1.54, 1.807) is 29.1 Å². The van der Waals surface area contributed by atoms with Crippen LogP contribution in [0.5, 0.6) is 11.5 Å². The summed E-state index contributed by atoms with van der Waals surface area (Å²) >= 11 is 0. The van der Waals surface area contributed by atoms with Crippen molar-refractivity contribution in [2.75, 3.05) is 12.1 Å². The topological polar surface area (TPSA) is 78.3 Å². The number of carbonyl (C=O) groups is 1. The van der Waals surface area contributed by atoms with Gasteiger partial charge in [-0.05, 0) is 42.5 Å². The largest absolute Gasteiger partial charge is 0.454 e. The van der Waals surface area contributed by atoms with Crippen molar-refractivity contribution in [3.05, 3.63) is 84.6 Å². The molecular weight excluding hydrogens is 368 g/mol. The van der Waals surface area contributed by atoms with E-state index in [0.29, 0.717) is 22.7 Å². The Morgan fingerprint density at radius 2 is 1.72 bits per heavy atom. The maximum absolute atomic E-state index is 12.5. The zero-order valence-corrected chi connectivity index (χ0v) is 15.3. The van der Waals surface area contributed by atoms with Gasteiger partial charge in [-0.3, -0.25) is 4.79 Å². The molecule has 5 rings (SSSR count). The van der Waals surface area contributed by atoms with Gasteiger partial charge in [0.25, 0.3) is 5.91 Å². The van der Waals surface area contributed by atoms with Crippen molar-refractivity contribution in [2.24, 2.45) is 0 Å². The fraction of sp³-hybridized carbons (Fsp3) is 0.0455. The van der Waals surface area contributed by atoms with Gasteiger partial charge in [0.15, 0.2) is 11.5 Å². The fourth-order valence-electron chi connectivity index (χ4n) is 3.16. The summed E-state index contributed by atoms with van der Waals surface area (Å²) in [6, 6.07) is 22.5. The number of aromatic nitrogens is 3. The first-order valence-electron chi connectivity index (χ1n) is 9.05. The lowest BCUT2D eigenvalue weighted by Crippen LogP contribution is -2.11. The number of amides is 1. The van der Waals surface area contributed by atoms with Gasteiger partial charge in [-0.2, -0.15) is 0 Å². The molecule has 0 radical (unpaired) electrons. The average molecular weight is 384 g/mol. The van der Waals surface area contributed by atoms with Gasteiger partial charge in [-0.1, -0.05) is 35.5 Å². The summed E-state index contributed by atoms with van der Waals surface area (Å²) in [5, 5.41) is 11.1. The second-order valence-corrected chi connectivity index (χ2v) is 6.47. The SMILES string of the molecule is O=C(Nc1ccc(-n2nncc2-c2ccccc2)cc1)c1ccc2c(c1)OCO2.